The second kappa shape index (κ2) is 10.4. The van der Waals surface area contributed by atoms with Crippen molar-refractivity contribution >= 4 is 46.4 Å². The van der Waals surface area contributed by atoms with Crippen LogP contribution in [0.25, 0.3) is 11.3 Å². The molecule has 0 N–H and O–H groups in total. The second-order valence-electron chi connectivity index (χ2n) is 9.34. The van der Waals surface area contributed by atoms with Crippen LogP contribution in [0.4, 0.5) is 11.4 Å². The molecule has 1 aromatic heterocycles. The number of hydrogen-bond donors (Lipinski definition) is 0. The monoisotopic (exact) mass is 562 g/mol. The molecule has 2 aliphatic heterocycles. The standard InChI is InChI=1S/C30H24Cl2N2O5/c1-2-16-37-21-11-9-19(10-12-21)33-29(35)26-27(34(39-28(26)30(33)36)20-6-4-3-5-7-20)25-15-14-24(38-25)22-13-8-18(31)17-23(22)32/h3-15,17,26-28H,2,16H2,1H3/t26-,27-,28+/m0/s1. The molecule has 4 aromatic rings. The lowest BCUT2D eigenvalue weighted by molar-refractivity contribution is -0.126. The summed E-state index contributed by atoms with van der Waals surface area (Å²) < 4.78 is 11.9. The fourth-order valence-electron chi connectivity index (χ4n) is 5.01. The first kappa shape index (κ1) is 25.5. The maximum atomic E-state index is 13.9. The van der Waals surface area contributed by atoms with Crippen LogP contribution >= 0.6 is 23.2 Å². The van der Waals surface area contributed by atoms with Gasteiger partial charge in [0, 0.05) is 10.6 Å². The van der Waals surface area contributed by atoms with Crippen molar-refractivity contribution < 1.29 is 23.6 Å². The number of carbonyl (C=O) groups is 2. The van der Waals surface area contributed by atoms with Gasteiger partial charge in [0.2, 0.25) is 5.91 Å². The van der Waals surface area contributed by atoms with Crippen molar-refractivity contribution in [3.63, 3.8) is 0 Å². The molecule has 0 radical (unpaired) electrons. The Morgan fingerprint density at radius 1 is 0.872 bits per heavy atom. The molecule has 7 nitrogen and oxygen atoms in total. The summed E-state index contributed by atoms with van der Waals surface area (Å²) >= 11 is 12.5. The number of hydrogen-bond acceptors (Lipinski definition) is 6. The van der Waals surface area contributed by atoms with Crippen molar-refractivity contribution in [3.8, 4) is 17.1 Å². The predicted molar refractivity (Wildman–Crippen MR) is 149 cm³/mol. The van der Waals surface area contributed by atoms with E-state index in [1.54, 1.807) is 59.7 Å². The van der Waals surface area contributed by atoms with Crippen LogP contribution < -0.4 is 14.7 Å². The van der Waals surface area contributed by atoms with E-state index >= 15 is 0 Å². The lowest BCUT2D eigenvalue weighted by atomic mass is 9.94. The van der Waals surface area contributed by atoms with E-state index in [1.807, 2.05) is 37.3 Å². The van der Waals surface area contributed by atoms with E-state index in [4.69, 9.17) is 37.2 Å². The number of hydroxylamine groups is 1. The molecule has 3 aromatic carbocycles. The molecule has 39 heavy (non-hydrogen) atoms. The number of anilines is 2. The summed E-state index contributed by atoms with van der Waals surface area (Å²) in [6.45, 7) is 2.61. The Morgan fingerprint density at radius 3 is 2.36 bits per heavy atom. The van der Waals surface area contributed by atoms with E-state index in [2.05, 4.69) is 0 Å². The molecule has 0 aliphatic carbocycles. The number of carbonyl (C=O) groups excluding carboxylic acids is 2. The molecule has 2 amide bonds. The fourth-order valence-corrected chi connectivity index (χ4v) is 5.52. The molecule has 0 unspecified atom stereocenters. The van der Waals surface area contributed by atoms with E-state index in [0.29, 0.717) is 50.9 Å². The molecular weight excluding hydrogens is 539 g/mol. The van der Waals surface area contributed by atoms with Gasteiger partial charge >= 0.3 is 0 Å². The first-order chi connectivity index (χ1) is 19.0. The number of benzene rings is 3. The Morgan fingerprint density at radius 2 is 1.64 bits per heavy atom. The third kappa shape index (κ3) is 4.56. The van der Waals surface area contributed by atoms with Gasteiger partial charge in [0.15, 0.2) is 6.10 Å². The topological polar surface area (TPSA) is 72.2 Å². The van der Waals surface area contributed by atoms with E-state index in [1.165, 1.54) is 4.90 Å². The third-order valence-electron chi connectivity index (χ3n) is 6.81. The van der Waals surface area contributed by atoms with Crippen LogP contribution in [0.3, 0.4) is 0 Å². The summed E-state index contributed by atoms with van der Waals surface area (Å²) in [5, 5.41) is 2.54. The minimum atomic E-state index is -1.01. The van der Waals surface area contributed by atoms with Crippen LogP contribution in [-0.2, 0) is 14.4 Å². The van der Waals surface area contributed by atoms with Crippen molar-refractivity contribution in [2.45, 2.75) is 25.5 Å². The van der Waals surface area contributed by atoms with E-state index < -0.39 is 24.0 Å². The van der Waals surface area contributed by atoms with Gasteiger partial charge in [0.05, 0.1) is 23.0 Å². The maximum Gasteiger partial charge on any atom is 0.266 e. The number of furan rings is 1. The van der Waals surface area contributed by atoms with Gasteiger partial charge in [0.25, 0.3) is 5.91 Å². The molecular formula is C30H24Cl2N2O5. The van der Waals surface area contributed by atoms with Crippen molar-refractivity contribution in [2.75, 3.05) is 16.6 Å². The molecule has 0 bridgehead atoms. The number of fused-ring (bicyclic) bond motifs is 1. The molecule has 2 saturated heterocycles. The van der Waals surface area contributed by atoms with Crippen LogP contribution in [0.15, 0.2) is 89.3 Å². The summed E-state index contributed by atoms with van der Waals surface area (Å²) in [6, 6.07) is 24.3. The van der Waals surface area contributed by atoms with Gasteiger partial charge in [-0.2, -0.15) is 0 Å². The number of para-hydroxylation sites is 1. The Hall–Kier alpha value is -3.78. The minimum absolute atomic E-state index is 0.363. The van der Waals surface area contributed by atoms with E-state index in [9.17, 15) is 9.59 Å². The largest absolute Gasteiger partial charge is 0.494 e. The maximum absolute atomic E-state index is 13.9. The Bertz CT molecular complexity index is 1520. The van der Waals surface area contributed by atoms with Crippen LogP contribution in [-0.4, -0.2) is 24.5 Å². The van der Waals surface area contributed by atoms with Crippen molar-refractivity contribution in [2.24, 2.45) is 5.92 Å². The zero-order valence-corrected chi connectivity index (χ0v) is 22.4. The average Bonchev–Trinajstić information content (AvgIpc) is 3.63. The molecule has 3 atom stereocenters. The highest BCUT2D eigenvalue weighted by molar-refractivity contribution is 6.36. The first-order valence-electron chi connectivity index (χ1n) is 12.6. The molecule has 9 heteroatoms. The van der Waals surface area contributed by atoms with Crippen molar-refractivity contribution in [3.05, 3.63) is 101 Å². The highest BCUT2D eigenvalue weighted by atomic mass is 35.5. The first-order valence-corrected chi connectivity index (χ1v) is 13.4. The second-order valence-corrected chi connectivity index (χ2v) is 10.2. The van der Waals surface area contributed by atoms with Gasteiger partial charge in [-0.3, -0.25) is 14.4 Å². The summed E-state index contributed by atoms with van der Waals surface area (Å²) in [5.74, 6) is 0.0427. The molecule has 0 spiro atoms. The lowest BCUT2D eigenvalue weighted by Gasteiger charge is -2.27. The summed E-state index contributed by atoms with van der Waals surface area (Å²) in [5.41, 5.74) is 1.82. The molecule has 198 valence electrons. The van der Waals surface area contributed by atoms with Crippen LogP contribution in [0.1, 0.15) is 25.1 Å². The SMILES string of the molecule is CCCOc1ccc(N2C(=O)[C@@H]3[C@@H](ON(c4ccccc4)[C@H]3c3ccc(-c4ccc(Cl)cc4Cl)o3)C2=O)cc1. The smallest absolute Gasteiger partial charge is 0.266 e. The van der Waals surface area contributed by atoms with Crippen LogP contribution in [0.5, 0.6) is 5.75 Å². The number of rotatable bonds is 7. The Balaban J connectivity index is 1.36. The number of ether oxygens (including phenoxy) is 1. The van der Waals surface area contributed by atoms with Gasteiger partial charge in [-0.15, -0.1) is 0 Å². The number of nitrogens with zero attached hydrogens (tertiary/aromatic N) is 2. The molecule has 2 fully saturated rings. The molecule has 0 saturated carbocycles. The average molecular weight is 563 g/mol. The molecule has 3 heterocycles. The summed E-state index contributed by atoms with van der Waals surface area (Å²) in [6.07, 6.45) is -0.129. The zero-order chi connectivity index (χ0) is 27.1. The third-order valence-corrected chi connectivity index (χ3v) is 7.36. The van der Waals surface area contributed by atoms with Crippen LogP contribution in [0.2, 0.25) is 10.0 Å². The number of imide groups is 1. The molecule has 6 rings (SSSR count). The van der Waals surface area contributed by atoms with Crippen molar-refractivity contribution in [1.29, 1.82) is 0 Å². The molecule has 2 aliphatic rings. The van der Waals surface area contributed by atoms with E-state index in [-0.39, 0.29) is 5.91 Å². The number of amides is 2. The van der Waals surface area contributed by atoms with Gasteiger partial charge in [-0.1, -0.05) is 48.3 Å². The zero-order valence-electron chi connectivity index (χ0n) is 20.9. The van der Waals surface area contributed by atoms with Gasteiger partial charge < -0.3 is 9.15 Å². The quantitative estimate of drug-likeness (QED) is 0.224. The van der Waals surface area contributed by atoms with Gasteiger partial charge in [-0.05, 0) is 73.2 Å². The minimum Gasteiger partial charge on any atom is -0.494 e. The van der Waals surface area contributed by atoms with Gasteiger partial charge in [0.1, 0.15) is 29.2 Å². The highest BCUT2D eigenvalue weighted by Gasteiger charge is 2.61. The highest BCUT2D eigenvalue weighted by Crippen LogP contribution is 2.48. The summed E-state index contributed by atoms with van der Waals surface area (Å²) in [4.78, 5) is 34.8. The van der Waals surface area contributed by atoms with Crippen LogP contribution in [0, 0.1) is 5.92 Å². The van der Waals surface area contributed by atoms with Gasteiger partial charge in [-0.25, -0.2) is 9.96 Å². The lowest BCUT2D eigenvalue weighted by Crippen LogP contribution is -2.37. The number of halogens is 2. The predicted octanol–water partition coefficient (Wildman–Crippen LogP) is 7.09. The van der Waals surface area contributed by atoms with Crippen molar-refractivity contribution in [1.82, 2.24) is 0 Å². The Kier molecular flexibility index (Phi) is 6.81. The fraction of sp³-hybridized carbons (Fsp3) is 0.200. The summed E-state index contributed by atoms with van der Waals surface area (Å²) in [7, 11) is 0. The normalized spacial score (nSPS) is 20.5. The van der Waals surface area contributed by atoms with E-state index in [0.717, 1.165) is 6.42 Å². The Labute approximate surface area is 235 Å².